The van der Waals surface area contributed by atoms with Gasteiger partial charge < -0.3 is 10.5 Å². The summed E-state index contributed by atoms with van der Waals surface area (Å²) in [7, 11) is 1.55. The van der Waals surface area contributed by atoms with Crippen molar-refractivity contribution in [2.75, 3.05) is 13.7 Å². The third kappa shape index (κ3) is 2.45. The monoisotopic (exact) mass is 235 g/mol. The number of hydrogen-bond donors (Lipinski definition) is 2. The Morgan fingerprint density at radius 1 is 1.41 bits per heavy atom. The number of nitrogens with zero attached hydrogens (tertiary/aromatic N) is 1. The van der Waals surface area contributed by atoms with Gasteiger partial charge in [0.05, 0.1) is 12.8 Å². The molecule has 0 aliphatic rings. The first-order valence-electron chi connectivity index (χ1n) is 5.33. The van der Waals surface area contributed by atoms with Crippen molar-refractivity contribution in [2.24, 2.45) is 5.73 Å². The number of nitrogens with two attached hydrogens (primary N) is 1. The highest BCUT2D eigenvalue weighted by atomic mass is 19.1. The van der Waals surface area contributed by atoms with Crippen molar-refractivity contribution in [3.63, 3.8) is 0 Å². The first kappa shape index (κ1) is 11.6. The first-order chi connectivity index (χ1) is 8.24. The molecule has 0 atom stereocenters. The van der Waals surface area contributed by atoms with E-state index >= 15 is 0 Å². The van der Waals surface area contributed by atoms with Crippen LogP contribution in [0.3, 0.4) is 0 Å². The highest BCUT2D eigenvalue weighted by Crippen LogP contribution is 2.29. The van der Waals surface area contributed by atoms with Crippen LogP contribution in [-0.4, -0.2) is 23.9 Å². The lowest BCUT2D eigenvalue weighted by molar-refractivity contribution is 0.415. The summed E-state index contributed by atoms with van der Waals surface area (Å²) in [5.41, 5.74) is 7.67. The molecule has 5 heteroatoms. The molecule has 1 aromatic carbocycles. The molecule has 0 aliphatic carbocycles. The Hall–Kier alpha value is -1.88. The van der Waals surface area contributed by atoms with E-state index in [-0.39, 0.29) is 5.82 Å². The molecule has 1 heterocycles. The molecule has 0 saturated carbocycles. The number of H-pyrrole nitrogens is 1. The highest BCUT2D eigenvalue weighted by molar-refractivity contribution is 5.67. The number of halogens is 1. The summed E-state index contributed by atoms with van der Waals surface area (Å²) in [6.07, 6.45) is 0.713. The van der Waals surface area contributed by atoms with E-state index in [0.717, 1.165) is 5.69 Å². The maximum absolute atomic E-state index is 13.2. The van der Waals surface area contributed by atoms with Gasteiger partial charge in [0.25, 0.3) is 0 Å². The maximum Gasteiger partial charge on any atom is 0.128 e. The smallest absolute Gasteiger partial charge is 0.128 e. The largest absolute Gasteiger partial charge is 0.496 e. The molecule has 0 saturated heterocycles. The normalized spacial score (nSPS) is 10.5. The average Bonchev–Trinajstić information content (AvgIpc) is 2.78. The summed E-state index contributed by atoms with van der Waals surface area (Å²) in [5, 5.41) is 7.00. The quantitative estimate of drug-likeness (QED) is 0.848. The van der Waals surface area contributed by atoms with Crippen molar-refractivity contribution < 1.29 is 9.13 Å². The van der Waals surface area contributed by atoms with Crippen molar-refractivity contribution in [3.05, 3.63) is 35.8 Å². The van der Waals surface area contributed by atoms with E-state index in [1.54, 1.807) is 13.2 Å². The molecule has 0 spiro atoms. The lowest BCUT2D eigenvalue weighted by Crippen LogP contribution is -2.02. The second kappa shape index (κ2) is 4.97. The molecule has 1 aromatic heterocycles. The summed E-state index contributed by atoms with van der Waals surface area (Å²) in [4.78, 5) is 0. The molecule has 2 rings (SSSR count). The zero-order chi connectivity index (χ0) is 12.3. The van der Waals surface area contributed by atoms with E-state index in [9.17, 15) is 4.39 Å². The zero-order valence-corrected chi connectivity index (χ0v) is 9.53. The van der Waals surface area contributed by atoms with Gasteiger partial charge in [-0.05, 0) is 30.8 Å². The number of benzene rings is 1. The fraction of sp³-hybridized carbons (Fsp3) is 0.250. The number of aromatic nitrogens is 2. The van der Waals surface area contributed by atoms with Gasteiger partial charge in [-0.25, -0.2) is 4.39 Å². The summed E-state index contributed by atoms with van der Waals surface area (Å²) < 4.78 is 18.4. The van der Waals surface area contributed by atoms with E-state index in [0.29, 0.717) is 30.0 Å². The standard InChI is InChI=1S/C12H14FN3O/c1-17-12-3-2-8(13)6-10(12)11-7-9(4-5-14)15-16-11/h2-3,6-7H,4-5,14H2,1H3,(H,15,16). The van der Waals surface area contributed by atoms with Crippen LogP contribution in [0.4, 0.5) is 4.39 Å². The van der Waals surface area contributed by atoms with Gasteiger partial charge in [-0.2, -0.15) is 5.10 Å². The lowest BCUT2D eigenvalue weighted by atomic mass is 10.1. The van der Waals surface area contributed by atoms with E-state index < -0.39 is 0 Å². The van der Waals surface area contributed by atoms with Crippen molar-refractivity contribution in [1.82, 2.24) is 10.2 Å². The molecule has 0 amide bonds. The van der Waals surface area contributed by atoms with Crippen LogP contribution in [0.25, 0.3) is 11.3 Å². The number of methoxy groups -OCH3 is 1. The fourth-order valence-electron chi connectivity index (χ4n) is 1.66. The predicted octanol–water partition coefficient (Wildman–Crippen LogP) is 1.73. The molecule has 0 unspecified atom stereocenters. The third-order valence-corrected chi connectivity index (χ3v) is 2.48. The van der Waals surface area contributed by atoms with Crippen LogP contribution < -0.4 is 10.5 Å². The Labute approximate surface area is 98.6 Å². The van der Waals surface area contributed by atoms with Crippen molar-refractivity contribution in [1.29, 1.82) is 0 Å². The van der Waals surface area contributed by atoms with Crippen LogP contribution in [0, 0.1) is 5.82 Å². The lowest BCUT2D eigenvalue weighted by Gasteiger charge is -2.05. The van der Waals surface area contributed by atoms with Crippen LogP contribution >= 0.6 is 0 Å². The van der Waals surface area contributed by atoms with Crippen LogP contribution in [0.15, 0.2) is 24.3 Å². The maximum atomic E-state index is 13.2. The molecule has 0 bridgehead atoms. The minimum Gasteiger partial charge on any atom is -0.496 e. The van der Waals surface area contributed by atoms with Crippen LogP contribution in [0.2, 0.25) is 0 Å². The number of aromatic amines is 1. The molecule has 17 heavy (non-hydrogen) atoms. The van der Waals surface area contributed by atoms with Crippen molar-refractivity contribution in [3.8, 4) is 17.0 Å². The van der Waals surface area contributed by atoms with Crippen molar-refractivity contribution >= 4 is 0 Å². The van der Waals surface area contributed by atoms with Gasteiger partial charge >= 0.3 is 0 Å². The number of ether oxygens (including phenoxy) is 1. The Morgan fingerprint density at radius 2 is 2.24 bits per heavy atom. The Bertz CT molecular complexity index is 510. The summed E-state index contributed by atoms with van der Waals surface area (Å²) in [5.74, 6) is 0.279. The van der Waals surface area contributed by atoms with Gasteiger partial charge in [-0.3, -0.25) is 5.10 Å². The molecule has 0 aliphatic heterocycles. The molecule has 3 N–H and O–H groups in total. The molecule has 2 aromatic rings. The SMILES string of the molecule is COc1ccc(F)cc1-c1cc(CCN)[nH]n1. The summed E-state index contributed by atoms with van der Waals surface area (Å²) in [6.45, 7) is 0.544. The Morgan fingerprint density at radius 3 is 2.94 bits per heavy atom. The topological polar surface area (TPSA) is 63.9 Å². The Balaban J connectivity index is 2.40. The molecule has 0 radical (unpaired) electrons. The molecule has 90 valence electrons. The fourth-order valence-corrected chi connectivity index (χ4v) is 1.66. The second-order valence-corrected chi connectivity index (χ2v) is 3.66. The van der Waals surface area contributed by atoms with Gasteiger partial charge in [-0.15, -0.1) is 0 Å². The van der Waals surface area contributed by atoms with Gasteiger partial charge in [0.15, 0.2) is 0 Å². The minimum absolute atomic E-state index is 0.316. The van der Waals surface area contributed by atoms with E-state index in [1.165, 1.54) is 12.1 Å². The average molecular weight is 235 g/mol. The zero-order valence-electron chi connectivity index (χ0n) is 9.53. The van der Waals surface area contributed by atoms with Crippen LogP contribution in [-0.2, 0) is 6.42 Å². The van der Waals surface area contributed by atoms with Gasteiger partial charge in [0.1, 0.15) is 11.6 Å². The van der Waals surface area contributed by atoms with E-state index in [4.69, 9.17) is 10.5 Å². The van der Waals surface area contributed by atoms with Crippen LogP contribution in [0.5, 0.6) is 5.75 Å². The summed E-state index contributed by atoms with van der Waals surface area (Å²) >= 11 is 0. The third-order valence-electron chi connectivity index (χ3n) is 2.48. The second-order valence-electron chi connectivity index (χ2n) is 3.66. The van der Waals surface area contributed by atoms with E-state index in [2.05, 4.69) is 10.2 Å². The number of rotatable bonds is 4. The Kier molecular flexibility index (Phi) is 3.39. The highest BCUT2D eigenvalue weighted by Gasteiger charge is 2.10. The van der Waals surface area contributed by atoms with Gasteiger partial charge in [0, 0.05) is 17.7 Å². The number of hydrogen-bond acceptors (Lipinski definition) is 3. The first-order valence-corrected chi connectivity index (χ1v) is 5.33. The molecular formula is C12H14FN3O. The minimum atomic E-state index is -0.316. The molecular weight excluding hydrogens is 221 g/mol. The molecule has 4 nitrogen and oxygen atoms in total. The van der Waals surface area contributed by atoms with Crippen LogP contribution in [0.1, 0.15) is 5.69 Å². The molecule has 0 fully saturated rings. The van der Waals surface area contributed by atoms with E-state index in [1.807, 2.05) is 6.07 Å². The van der Waals surface area contributed by atoms with Crippen molar-refractivity contribution in [2.45, 2.75) is 6.42 Å². The van der Waals surface area contributed by atoms with Gasteiger partial charge in [0.2, 0.25) is 0 Å². The number of nitrogens with one attached hydrogen (secondary N) is 1. The van der Waals surface area contributed by atoms with Gasteiger partial charge in [-0.1, -0.05) is 0 Å². The predicted molar refractivity (Wildman–Crippen MR) is 63.3 cm³/mol. The summed E-state index contributed by atoms with van der Waals surface area (Å²) in [6, 6.07) is 6.20.